The number of benzene rings is 1. The summed E-state index contributed by atoms with van der Waals surface area (Å²) in [4.78, 5) is 12.3. The molecule has 1 aromatic carbocycles. The molecule has 5 heteroatoms. The van der Waals surface area contributed by atoms with Crippen LogP contribution in [0.3, 0.4) is 0 Å². The number of nitrogens with one attached hydrogen (secondary N) is 1. The van der Waals surface area contributed by atoms with Gasteiger partial charge in [-0.05, 0) is 37.5 Å². The fourth-order valence-corrected chi connectivity index (χ4v) is 3.05. The fourth-order valence-electron chi connectivity index (χ4n) is 2.21. The van der Waals surface area contributed by atoms with Crippen LogP contribution in [0.4, 0.5) is 0 Å². The molecule has 4 N–H and O–H groups in total. The van der Waals surface area contributed by atoms with Crippen LogP contribution >= 0.6 is 11.3 Å². The Morgan fingerprint density at radius 2 is 2.00 bits per heavy atom. The highest BCUT2D eigenvalue weighted by Crippen LogP contribution is 2.22. The molecule has 2 aromatic rings. The number of carbonyl (C=O) groups excluding carboxylic acids is 1. The first-order chi connectivity index (χ1) is 10.6. The topological polar surface area (TPSA) is 75.3 Å². The predicted octanol–water partition coefficient (Wildman–Crippen LogP) is 2.49. The highest BCUT2D eigenvalue weighted by Gasteiger charge is 2.13. The molecule has 2 rings (SSSR count). The second-order valence-electron chi connectivity index (χ2n) is 5.42. The van der Waals surface area contributed by atoms with Gasteiger partial charge in [-0.3, -0.25) is 4.79 Å². The van der Waals surface area contributed by atoms with E-state index in [-0.39, 0.29) is 0 Å². The van der Waals surface area contributed by atoms with E-state index in [1.165, 1.54) is 16.9 Å². The van der Waals surface area contributed by atoms with Crippen molar-refractivity contribution in [2.75, 3.05) is 6.54 Å². The van der Waals surface area contributed by atoms with Crippen molar-refractivity contribution < 1.29 is 9.90 Å². The van der Waals surface area contributed by atoms with E-state index in [2.05, 4.69) is 24.4 Å². The van der Waals surface area contributed by atoms with Gasteiger partial charge in [-0.1, -0.05) is 30.3 Å². The summed E-state index contributed by atoms with van der Waals surface area (Å²) in [7, 11) is 0. The minimum absolute atomic E-state index is 0.311. The van der Waals surface area contributed by atoms with E-state index in [1.807, 2.05) is 18.2 Å². The number of aryl methyl sites for hydroxylation is 1. The number of thiophene rings is 1. The van der Waals surface area contributed by atoms with Crippen LogP contribution in [0.25, 0.3) is 0 Å². The Labute approximate surface area is 135 Å². The third kappa shape index (κ3) is 4.94. The van der Waals surface area contributed by atoms with Gasteiger partial charge in [0.25, 0.3) is 5.91 Å². The SMILES string of the molecule is CC(CCc1ccccc1)NCC(O)c1ccc(C(N)=O)s1. The van der Waals surface area contributed by atoms with Crippen LogP contribution in [0.5, 0.6) is 0 Å². The number of primary amides is 1. The standard InChI is InChI=1S/C17H22N2O2S/c1-12(7-8-13-5-3-2-4-6-13)19-11-14(20)15-9-10-16(22-15)17(18)21/h2-6,9-10,12,14,19-20H,7-8,11H2,1H3,(H2,18,21). The van der Waals surface area contributed by atoms with Crippen LogP contribution < -0.4 is 11.1 Å². The summed E-state index contributed by atoms with van der Waals surface area (Å²) in [6.07, 6.45) is 1.40. The lowest BCUT2D eigenvalue weighted by Crippen LogP contribution is -2.30. The molecule has 118 valence electrons. The van der Waals surface area contributed by atoms with Gasteiger partial charge in [0.1, 0.15) is 6.10 Å². The number of hydrogen-bond acceptors (Lipinski definition) is 4. The molecule has 0 fully saturated rings. The van der Waals surface area contributed by atoms with Crippen LogP contribution in [0, 0.1) is 0 Å². The van der Waals surface area contributed by atoms with Crippen molar-refractivity contribution in [1.82, 2.24) is 5.32 Å². The molecule has 0 saturated carbocycles. The number of amides is 1. The van der Waals surface area contributed by atoms with Crippen LogP contribution in [-0.2, 0) is 6.42 Å². The maximum Gasteiger partial charge on any atom is 0.258 e. The molecule has 0 aliphatic rings. The van der Waals surface area contributed by atoms with Crippen molar-refractivity contribution in [3.63, 3.8) is 0 Å². The Balaban J connectivity index is 1.75. The summed E-state index contributed by atoms with van der Waals surface area (Å²) in [5, 5.41) is 13.5. The average Bonchev–Trinajstić information content (AvgIpc) is 3.02. The van der Waals surface area contributed by atoms with Crippen LogP contribution in [0.2, 0.25) is 0 Å². The van der Waals surface area contributed by atoms with Crippen molar-refractivity contribution in [3.05, 3.63) is 57.8 Å². The fraction of sp³-hybridized carbons (Fsp3) is 0.353. The zero-order valence-electron chi connectivity index (χ0n) is 12.7. The van der Waals surface area contributed by atoms with E-state index in [9.17, 15) is 9.90 Å². The lowest BCUT2D eigenvalue weighted by molar-refractivity contribution is 0.100. The molecule has 0 aliphatic carbocycles. The van der Waals surface area contributed by atoms with Crippen molar-refractivity contribution in [1.29, 1.82) is 0 Å². The number of aliphatic hydroxyl groups excluding tert-OH is 1. The van der Waals surface area contributed by atoms with E-state index in [0.29, 0.717) is 17.5 Å². The number of rotatable bonds is 8. The zero-order chi connectivity index (χ0) is 15.9. The van der Waals surface area contributed by atoms with Gasteiger partial charge in [0.2, 0.25) is 0 Å². The smallest absolute Gasteiger partial charge is 0.258 e. The van der Waals surface area contributed by atoms with Gasteiger partial charge >= 0.3 is 0 Å². The van der Waals surface area contributed by atoms with Crippen LogP contribution in [0.15, 0.2) is 42.5 Å². The molecule has 0 spiro atoms. The number of nitrogens with two attached hydrogens (primary N) is 1. The molecule has 0 saturated heterocycles. The Bertz CT molecular complexity index is 598. The number of aliphatic hydroxyl groups is 1. The molecule has 0 aliphatic heterocycles. The molecular formula is C17H22N2O2S. The molecule has 4 nitrogen and oxygen atoms in total. The second-order valence-corrected chi connectivity index (χ2v) is 6.53. The van der Waals surface area contributed by atoms with Crippen molar-refractivity contribution >= 4 is 17.2 Å². The van der Waals surface area contributed by atoms with E-state index in [0.717, 1.165) is 17.7 Å². The molecule has 22 heavy (non-hydrogen) atoms. The Morgan fingerprint density at radius 1 is 1.27 bits per heavy atom. The quantitative estimate of drug-likeness (QED) is 0.700. The molecule has 1 aromatic heterocycles. The van der Waals surface area contributed by atoms with Crippen molar-refractivity contribution in [2.24, 2.45) is 5.73 Å². The minimum atomic E-state index is -0.614. The van der Waals surface area contributed by atoms with Crippen molar-refractivity contribution in [2.45, 2.75) is 31.9 Å². The average molecular weight is 318 g/mol. The molecular weight excluding hydrogens is 296 g/mol. The second kappa shape index (κ2) is 8.08. The van der Waals surface area contributed by atoms with Gasteiger partial charge in [-0.15, -0.1) is 11.3 Å². The van der Waals surface area contributed by atoms with Gasteiger partial charge in [-0.25, -0.2) is 0 Å². The van der Waals surface area contributed by atoms with Gasteiger partial charge in [-0.2, -0.15) is 0 Å². The van der Waals surface area contributed by atoms with Crippen molar-refractivity contribution in [3.8, 4) is 0 Å². The van der Waals surface area contributed by atoms with E-state index in [4.69, 9.17) is 5.73 Å². The van der Waals surface area contributed by atoms with Gasteiger partial charge < -0.3 is 16.2 Å². The van der Waals surface area contributed by atoms with Gasteiger partial charge in [0, 0.05) is 17.5 Å². The van der Waals surface area contributed by atoms with E-state index in [1.54, 1.807) is 12.1 Å². The molecule has 1 amide bonds. The number of carbonyl (C=O) groups is 1. The molecule has 0 bridgehead atoms. The number of hydrogen-bond donors (Lipinski definition) is 3. The van der Waals surface area contributed by atoms with Crippen LogP contribution in [0.1, 0.15) is 39.6 Å². The first kappa shape index (κ1) is 16.7. The third-order valence-corrected chi connectivity index (χ3v) is 4.77. The first-order valence-electron chi connectivity index (χ1n) is 7.41. The monoisotopic (exact) mass is 318 g/mol. The normalized spacial score (nSPS) is 13.7. The lowest BCUT2D eigenvalue weighted by Gasteiger charge is -2.16. The maximum absolute atomic E-state index is 11.1. The highest BCUT2D eigenvalue weighted by molar-refractivity contribution is 7.14. The molecule has 1 heterocycles. The Morgan fingerprint density at radius 3 is 2.64 bits per heavy atom. The Hall–Kier alpha value is -1.69. The highest BCUT2D eigenvalue weighted by atomic mass is 32.1. The minimum Gasteiger partial charge on any atom is -0.386 e. The van der Waals surface area contributed by atoms with Gasteiger partial charge in [0.05, 0.1) is 4.88 Å². The zero-order valence-corrected chi connectivity index (χ0v) is 13.5. The van der Waals surface area contributed by atoms with Crippen LogP contribution in [-0.4, -0.2) is 23.6 Å². The Kier molecular flexibility index (Phi) is 6.12. The summed E-state index contributed by atoms with van der Waals surface area (Å²) in [6, 6.07) is 14.1. The molecule has 0 radical (unpaired) electrons. The summed E-state index contributed by atoms with van der Waals surface area (Å²) < 4.78 is 0. The largest absolute Gasteiger partial charge is 0.386 e. The summed E-state index contributed by atoms with van der Waals surface area (Å²) in [5.41, 5.74) is 6.54. The molecule has 2 atom stereocenters. The van der Waals surface area contributed by atoms with E-state index >= 15 is 0 Å². The molecule has 2 unspecified atom stereocenters. The maximum atomic E-state index is 11.1. The first-order valence-corrected chi connectivity index (χ1v) is 8.23. The lowest BCUT2D eigenvalue weighted by atomic mass is 10.1. The van der Waals surface area contributed by atoms with E-state index < -0.39 is 12.0 Å². The van der Waals surface area contributed by atoms with Gasteiger partial charge in [0.15, 0.2) is 0 Å². The third-order valence-electron chi connectivity index (χ3n) is 3.57. The summed E-state index contributed by atoms with van der Waals surface area (Å²) in [5.74, 6) is -0.451. The summed E-state index contributed by atoms with van der Waals surface area (Å²) in [6.45, 7) is 2.58. The predicted molar refractivity (Wildman–Crippen MR) is 90.0 cm³/mol. The summed E-state index contributed by atoms with van der Waals surface area (Å²) >= 11 is 1.25.